The van der Waals surface area contributed by atoms with Crippen molar-refractivity contribution in [1.82, 2.24) is 20.3 Å². The van der Waals surface area contributed by atoms with Gasteiger partial charge in [0.05, 0.1) is 5.69 Å². The van der Waals surface area contributed by atoms with Gasteiger partial charge in [-0.1, -0.05) is 20.8 Å². The Kier molecular flexibility index (Phi) is 5.20. The van der Waals surface area contributed by atoms with Crippen LogP contribution in [-0.2, 0) is 6.54 Å². The number of hydrogen-bond donors (Lipinski definition) is 1. The fourth-order valence-corrected chi connectivity index (χ4v) is 3.16. The number of thiazole rings is 1. The van der Waals surface area contributed by atoms with Crippen LogP contribution in [0.1, 0.15) is 49.5 Å². The molecule has 2 aromatic heterocycles. The molecule has 0 atom stereocenters. The van der Waals surface area contributed by atoms with E-state index in [1.54, 1.807) is 17.5 Å². The zero-order chi connectivity index (χ0) is 14.5. The molecule has 0 radical (unpaired) electrons. The molecule has 2 heterocycles. The summed E-state index contributed by atoms with van der Waals surface area (Å²) in [6.07, 6.45) is 2.94. The molecule has 5 heteroatoms. The zero-order valence-electron chi connectivity index (χ0n) is 12.6. The molecule has 4 nitrogen and oxygen atoms in total. The minimum absolute atomic E-state index is 0.432. The zero-order valence-corrected chi connectivity index (χ0v) is 13.4. The second kappa shape index (κ2) is 6.90. The van der Waals surface area contributed by atoms with Gasteiger partial charge in [0.2, 0.25) is 0 Å². The highest BCUT2D eigenvalue weighted by molar-refractivity contribution is 7.15. The van der Waals surface area contributed by atoms with Crippen LogP contribution in [-0.4, -0.2) is 21.5 Å². The monoisotopic (exact) mass is 290 g/mol. The first-order valence-corrected chi connectivity index (χ1v) is 7.93. The summed E-state index contributed by atoms with van der Waals surface area (Å²) < 4.78 is 0. The lowest BCUT2D eigenvalue weighted by Crippen LogP contribution is -2.14. The highest BCUT2D eigenvalue weighted by Gasteiger charge is 2.15. The van der Waals surface area contributed by atoms with Crippen molar-refractivity contribution in [3.8, 4) is 10.7 Å². The Hall–Kier alpha value is -1.33. The quantitative estimate of drug-likeness (QED) is 0.827. The highest BCUT2D eigenvalue weighted by Crippen LogP contribution is 2.30. The van der Waals surface area contributed by atoms with Crippen molar-refractivity contribution in [2.75, 3.05) is 6.54 Å². The van der Waals surface area contributed by atoms with Crippen LogP contribution in [0.4, 0.5) is 0 Å². The van der Waals surface area contributed by atoms with Crippen LogP contribution >= 0.6 is 11.3 Å². The third kappa shape index (κ3) is 3.61. The van der Waals surface area contributed by atoms with E-state index in [9.17, 15) is 0 Å². The van der Waals surface area contributed by atoms with Crippen LogP contribution in [0.15, 0.2) is 12.3 Å². The van der Waals surface area contributed by atoms with Crippen LogP contribution in [0.2, 0.25) is 0 Å². The second-order valence-corrected chi connectivity index (χ2v) is 6.23. The van der Waals surface area contributed by atoms with Crippen molar-refractivity contribution in [1.29, 1.82) is 0 Å². The topological polar surface area (TPSA) is 50.7 Å². The number of hydrogen-bond acceptors (Lipinski definition) is 5. The van der Waals surface area contributed by atoms with Gasteiger partial charge < -0.3 is 5.32 Å². The van der Waals surface area contributed by atoms with Gasteiger partial charge in [-0.15, -0.1) is 11.3 Å². The molecule has 0 unspecified atom stereocenters. The fourth-order valence-electron chi connectivity index (χ4n) is 2.00. The first kappa shape index (κ1) is 15.1. The summed E-state index contributed by atoms with van der Waals surface area (Å²) >= 11 is 1.74. The molecule has 2 aromatic rings. The van der Waals surface area contributed by atoms with Gasteiger partial charge >= 0.3 is 0 Å². The summed E-state index contributed by atoms with van der Waals surface area (Å²) in [7, 11) is 0. The van der Waals surface area contributed by atoms with E-state index >= 15 is 0 Å². The van der Waals surface area contributed by atoms with Crippen molar-refractivity contribution >= 4 is 11.3 Å². The average molecular weight is 290 g/mol. The molecule has 20 heavy (non-hydrogen) atoms. The number of nitrogens with one attached hydrogen (secondary N) is 1. The summed E-state index contributed by atoms with van der Waals surface area (Å²) in [6, 6.07) is 1.93. The number of aryl methyl sites for hydroxylation is 1. The van der Waals surface area contributed by atoms with Gasteiger partial charge in [0.25, 0.3) is 0 Å². The Balaban J connectivity index is 2.28. The molecule has 0 aliphatic heterocycles. The molecule has 0 aliphatic rings. The van der Waals surface area contributed by atoms with Crippen molar-refractivity contribution < 1.29 is 0 Å². The van der Waals surface area contributed by atoms with Gasteiger partial charge in [-0.2, -0.15) is 0 Å². The van der Waals surface area contributed by atoms with E-state index in [1.165, 1.54) is 10.6 Å². The van der Waals surface area contributed by atoms with Gasteiger partial charge in [0, 0.05) is 17.6 Å². The maximum Gasteiger partial charge on any atom is 0.142 e. The lowest BCUT2D eigenvalue weighted by Gasteiger charge is -2.05. The maximum absolute atomic E-state index is 4.79. The van der Waals surface area contributed by atoms with Crippen molar-refractivity contribution in [3.05, 3.63) is 28.7 Å². The number of nitrogens with zero attached hydrogens (tertiary/aromatic N) is 3. The van der Waals surface area contributed by atoms with Crippen molar-refractivity contribution in [2.45, 2.75) is 46.6 Å². The number of aromatic nitrogens is 3. The van der Waals surface area contributed by atoms with E-state index in [4.69, 9.17) is 4.98 Å². The molecular formula is C15H22N4S. The number of rotatable bonds is 6. The molecule has 0 saturated carbocycles. The standard InChI is InChI=1S/C15H22N4S/c1-5-7-16-9-13-14(10(2)3)19-15(20-13)12-6-8-17-11(4)18-12/h6,8,10,16H,5,7,9H2,1-4H3. The maximum atomic E-state index is 4.79. The third-order valence-corrected chi connectivity index (χ3v) is 4.08. The van der Waals surface area contributed by atoms with Gasteiger partial charge in [-0.25, -0.2) is 15.0 Å². The minimum Gasteiger partial charge on any atom is -0.312 e. The van der Waals surface area contributed by atoms with E-state index in [-0.39, 0.29) is 0 Å². The molecule has 2 rings (SSSR count). The van der Waals surface area contributed by atoms with Gasteiger partial charge in [0.1, 0.15) is 16.5 Å². The fraction of sp³-hybridized carbons (Fsp3) is 0.533. The Labute approximate surface area is 124 Å². The average Bonchev–Trinajstić information content (AvgIpc) is 2.83. The minimum atomic E-state index is 0.432. The van der Waals surface area contributed by atoms with Crippen LogP contribution in [0.3, 0.4) is 0 Å². The SMILES string of the molecule is CCCNCc1sc(-c2ccnc(C)n2)nc1C(C)C. The summed E-state index contributed by atoms with van der Waals surface area (Å²) in [5.41, 5.74) is 2.11. The molecule has 0 aromatic carbocycles. The summed E-state index contributed by atoms with van der Waals surface area (Å²) in [6.45, 7) is 10.4. The normalized spacial score (nSPS) is 11.2. The van der Waals surface area contributed by atoms with E-state index in [1.807, 2.05) is 13.0 Å². The molecule has 0 saturated heterocycles. The molecule has 0 bridgehead atoms. The second-order valence-electron chi connectivity index (χ2n) is 5.15. The molecule has 0 spiro atoms. The first-order chi connectivity index (χ1) is 9.61. The summed E-state index contributed by atoms with van der Waals surface area (Å²) in [5, 5.41) is 4.45. The first-order valence-electron chi connectivity index (χ1n) is 7.12. The molecule has 0 aliphatic carbocycles. The van der Waals surface area contributed by atoms with Gasteiger partial charge in [0.15, 0.2) is 0 Å². The molecular weight excluding hydrogens is 268 g/mol. The Morgan fingerprint density at radius 1 is 1.30 bits per heavy atom. The molecule has 1 N–H and O–H groups in total. The van der Waals surface area contributed by atoms with Crippen LogP contribution in [0.5, 0.6) is 0 Å². The molecule has 108 valence electrons. The van der Waals surface area contributed by atoms with E-state index in [0.717, 1.165) is 36.0 Å². The van der Waals surface area contributed by atoms with Crippen molar-refractivity contribution in [3.63, 3.8) is 0 Å². The Morgan fingerprint density at radius 3 is 2.75 bits per heavy atom. The van der Waals surface area contributed by atoms with E-state index in [0.29, 0.717) is 5.92 Å². The third-order valence-electron chi connectivity index (χ3n) is 2.98. The largest absolute Gasteiger partial charge is 0.312 e. The molecule has 0 fully saturated rings. The predicted molar refractivity (Wildman–Crippen MR) is 84.0 cm³/mol. The summed E-state index contributed by atoms with van der Waals surface area (Å²) in [5.74, 6) is 1.22. The van der Waals surface area contributed by atoms with Crippen molar-refractivity contribution in [2.24, 2.45) is 0 Å². The van der Waals surface area contributed by atoms with Crippen LogP contribution < -0.4 is 5.32 Å². The van der Waals surface area contributed by atoms with Gasteiger partial charge in [-0.05, 0) is 31.9 Å². The predicted octanol–water partition coefficient (Wildman–Crippen LogP) is 3.53. The smallest absolute Gasteiger partial charge is 0.142 e. The Bertz CT molecular complexity index is 563. The highest BCUT2D eigenvalue weighted by atomic mass is 32.1. The Morgan fingerprint density at radius 2 is 2.10 bits per heavy atom. The van der Waals surface area contributed by atoms with Crippen LogP contribution in [0.25, 0.3) is 10.7 Å². The van der Waals surface area contributed by atoms with E-state index in [2.05, 4.69) is 36.1 Å². The van der Waals surface area contributed by atoms with Gasteiger partial charge in [-0.3, -0.25) is 0 Å². The molecule has 0 amide bonds. The van der Waals surface area contributed by atoms with Crippen LogP contribution in [0, 0.1) is 6.92 Å². The lowest BCUT2D eigenvalue weighted by molar-refractivity contribution is 0.670. The van der Waals surface area contributed by atoms with E-state index < -0.39 is 0 Å². The summed E-state index contributed by atoms with van der Waals surface area (Å²) in [4.78, 5) is 14.7. The lowest BCUT2D eigenvalue weighted by atomic mass is 10.1.